The van der Waals surface area contributed by atoms with Crippen LogP contribution in [-0.2, 0) is 11.8 Å². The van der Waals surface area contributed by atoms with Gasteiger partial charge in [0, 0.05) is 31.1 Å². The summed E-state index contributed by atoms with van der Waals surface area (Å²) in [5, 5.41) is 0. The Morgan fingerprint density at radius 3 is 2.60 bits per heavy atom. The van der Waals surface area contributed by atoms with E-state index in [0.717, 1.165) is 0 Å². The molecule has 0 bridgehead atoms. The van der Waals surface area contributed by atoms with Crippen molar-refractivity contribution in [1.29, 1.82) is 2.56 Å². The average Bonchev–Trinajstić information content (AvgIpc) is 1.35. The Morgan fingerprint density at radius 1 is 2.40 bits per heavy atom. The molecule has 1 N–H and O–H groups in total. The van der Waals surface area contributed by atoms with Crippen molar-refractivity contribution in [2.75, 3.05) is 0 Å². The van der Waals surface area contributed by atoms with Gasteiger partial charge < -0.3 is 4.89 Å². The van der Waals surface area contributed by atoms with Crippen LogP contribution in [0, 0.1) is 31.1 Å². The number of rotatable bonds is 1. The molecule has 0 rings (SSSR count). The van der Waals surface area contributed by atoms with Crippen molar-refractivity contribution in [2.45, 2.75) is 0 Å². The maximum absolute atomic E-state index is 8.24. The zero-order valence-electron chi connectivity index (χ0n) is 4.30. The molecule has 0 aliphatic heterocycles. The molecular formula is H4OP2SU. The molecule has 0 aromatic heterocycles. The Hall–Kier alpha value is 2.09. The summed E-state index contributed by atoms with van der Waals surface area (Å²) in [5.74, 6) is 0. The quantitative estimate of drug-likeness (QED) is 0.685. The average molecular weight is 356 g/mol. The van der Waals surface area contributed by atoms with Gasteiger partial charge in [0.15, 0.2) is 0 Å². The topological polar surface area (TPSA) is 20.2 Å². The molecule has 0 saturated heterocycles. The van der Waals surface area contributed by atoms with Crippen LogP contribution in [0.2, 0.25) is 0 Å². The van der Waals surface area contributed by atoms with Crippen LogP contribution < -0.4 is 0 Å². The Balaban J connectivity index is 0. The number of hydrogen-bond donors (Lipinski definition) is 1. The molecule has 1 nitrogen and oxygen atoms in total. The van der Waals surface area contributed by atoms with Gasteiger partial charge >= 0.3 is 0 Å². The third-order valence-electron chi connectivity index (χ3n) is 0. The van der Waals surface area contributed by atoms with E-state index >= 15 is 0 Å². The summed E-state index contributed by atoms with van der Waals surface area (Å²) in [6.07, 6.45) is 0. The van der Waals surface area contributed by atoms with Crippen molar-refractivity contribution < 1.29 is 36.0 Å². The van der Waals surface area contributed by atoms with Gasteiger partial charge in [-0.3, -0.25) is 0 Å². The molecular weight excluding hydrogens is 348 g/mol. The van der Waals surface area contributed by atoms with Gasteiger partial charge in [0.2, 0.25) is 0 Å². The molecule has 2 atom stereocenters. The summed E-state index contributed by atoms with van der Waals surface area (Å²) >= 11 is 4.14. The molecule has 0 aliphatic rings. The van der Waals surface area contributed by atoms with E-state index in [1.54, 1.807) is 0 Å². The predicted octanol–water partition coefficient (Wildman–Crippen LogP) is 0.360. The second-order valence-corrected chi connectivity index (χ2v) is 4.10. The van der Waals surface area contributed by atoms with Gasteiger partial charge in [0.05, 0.1) is 7.84 Å². The van der Waals surface area contributed by atoms with E-state index in [4.69, 9.17) is 7.45 Å². The van der Waals surface area contributed by atoms with Crippen molar-refractivity contribution in [3.8, 4) is 0 Å². The molecule has 0 aromatic carbocycles. The Labute approximate surface area is 65.5 Å². The summed E-state index contributed by atoms with van der Waals surface area (Å²) in [5.41, 5.74) is 0. The Kier molecular flexibility index (Phi) is 6.38. The van der Waals surface area contributed by atoms with E-state index in [1.807, 2.05) is 0 Å². The summed E-state index contributed by atoms with van der Waals surface area (Å²) in [6.45, 7) is -2.87. The second-order valence-electron chi connectivity index (χ2n) is 0.273. The maximum atomic E-state index is 8.24. The molecule has 0 aliphatic carbocycles. The van der Waals surface area contributed by atoms with Crippen LogP contribution in [0.3, 0.4) is 0 Å². The van der Waals surface area contributed by atoms with Gasteiger partial charge in [-0.25, -0.2) is 0 Å². The first kappa shape index (κ1) is 5.23. The van der Waals surface area contributed by atoms with Crippen molar-refractivity contribution in [3.63, 3.8) is 0 Å². The van der Waals surface area contributed by atoms with Gasteiger partial charge in [-0.2, -0.15) is 0 Å². The van der Waals surface area contributed by atoms with Crippen LogP contribution in [0.1, 0.15) is 0 Å². The molecule has 30 valence electrons. The van der Waals surface area contributed by atoms with Crippen molar-refractivity contribution in [1.82, 2.24) is 0 Å². The van der Waals surface area contributed by atoms with E-state index < -0.39 is 15.4 Å². The minimum Gasteiger partial charge on any atom is -0.365 e. The van der Waals surface area contributed by atoms with Crippen molar-refractivity contribution >= 4 is 27.2 Å². The summed E-state index contributed by atoms with van der Waals surface area (Å²) in [4.78, 5) is 8.24. The van der Waals surface area contributed by atoms with Crippen LogP contribution in [0.15, 0.2) is 0 Å². The first-order chi connectivity index (χ1) is 2.56. The van der Waals surface area contributed by atoms with Gasteiger partial charge in [-0.15, -0.1) is 0 Å². The van der Waals surface area contributed by atoms with Crippen LogP contribution in [0.4, 0.5) is 0 Å². The zero-order chi connectivity index (χ0) is 5.21. The minimum atomic E-state index is -2.87. The third kappa shape index (κ3) is 23.3. The zero-order valence-corrected chi connectivity index (χ0v) is 9.18. The summed E-state index contributed by atoms with van der Waals surface area (Å²) < 4.78 is 12.9. The molecule has 5 heteroatoms. The first-order valence-corrected chi connectivity index (χ1v) is 4.26. The number of hydrogen-bond acceptors (Lipinski definition) is 1. The molecule has 0 saturated carbocycles. The summed E-state index contributed by atoms with van der Waals surface area (Å²) in [6, 6.07) is 0. The minimum absolute atomic E-state index is 0. The SMILES string of the molecule is [3H]PP([3H])(O)=S.[U]. The van der Waals surface area contributed by atoms with Crippen molar-refractivity contribution in [3.05, 3.63) is 0 Å². The van der Waals surface area contributed by atoms with E-state index in [2.05, 4.69) is 11.8 Å². The predicted molar refractivity (Wildman–Crippen MR) is 27.6 cm³/mol. The molecule has 5 heavy (non-hydrogen) atoms. The molecule has 0 spiro atoms. The molecule has 0 radical (unpaired) electrons. The molecule has 0 amide bonds. The fourth-order valence-electron chi connectivity index (χ4n) is 0. The van der Waals surface area contributed by atoms with E-state index in [9.17, 15) is 0 Å². The standard InChI is InChI=1S/H4OP2S.U/c1-3(2)4;/h3H,2H2,(H,1,4);/i2T,3T;. The normalized spacial score (nSPS) is 26.6. The fraction of sp³-hybridized carbons (Fsp3) is 0. The van der Waals surface area contributed by atoms with Crippen LogP contribution in [0.5, 0.6) is 0 Å². The van der Waals surface area contributed by atoms with Gasteiger partial charge in [0.1, 0.15) is 1.28 Å². The second kappa shape index (κ2) is 6.09. The van der Waals surface area contributed by atoms with Gasteiger partial charge in [-0.05, 0) is 0 Å². The Morgan fingerprint density at radius 2 is 2.60 bits per heavy atom. The molecule has 0 aromatic rings. The molecule has 0 heterocycles. The van der Waals surface area contributed by atoms with Gasteiger partial charge in [0.25, 0.3) is 0 Å². The maximum Gasteiger partial charge on any atom is 0.102 e. The molecule has 0 fully saturated rings. The smallest absolute Gasteiger partial charge is 0.102 e. The van der Waals surface area contributed by atoms with E-state index in [0.29, 0.717) is 0 Å². The van der Waals surface area contributed by atoms with Crippen LogP contribution in [-0.4, -0.2) is 7.45 Å². The first-order valence-electron chi connectivity index (χ1n) is 1.55. The van der Waals surface area contributed by atoms with Gasteiger partial charge in [-0.1, -0.05) is 20.7 Å². The van der Waals surface area contributed by atoms with Crippen LogP contribution in [0.25, 0.3) is 0 Å². The summed E-state index contributed by atoms with van der Waals surface area (Å²) in [7, 11) is -0.535. The third-order valence-corrected chi connectivity index (χ3v) is 0. The van der Waals surface area contributed by atoms with Crippen LogP contribution >= 0.6 is 15.4 Å². The monoisotopic (exact) mass is 356 g/mol. The molecule has 2 unspecified atom stereocenters. The fourth-order valence-corrected chi connectivity index (χ4v) is 0. The van der Waals surface area contributed by atoms with Crippen molar-refractivity contribution in [2.24, 2.45) is 0 Å². The van der Waals surface area contributed by atoms with E-state index in [-0.39, 0.29) is 31.1 Å². The Bertz CT molecular complexity index is 79.8. The van der Waals surface area contributed by atoms with E-state index in [1.165, 1.54) is 0 Å². The largest absolute Gasteiger partial charge is 0.365 e.